The lowest BCUT2D eigenvalue weighted by atomic mass is 10.2. The smallest absolute Gasteiger partial charge is 0.277 e. The van der Waals surface area contributed by atoms with E-state index in [1.54, 1.807) is 50.6 Å². The summed E-state index contributed by atoms with van der Waals surface area (Å²) < 4.78 is 16.5. The quantitative estimate of drug-likeness (QED) is 0.541. The molecule has 0 saturated carbocycles. The summed E-state index contributed by atoms with van der Waals surface area (Å²) in [5, 5.41) is 4.50. The first-order chi connectivity index (χ1) is 12.0. The number of halogens is 2. The van der Waals surface area contributed by atoms with Crippen molar-refractivity contribution in [2.24, 2.45) is 5.10 Å². The summed E-state index contributed by atoms with van der Waals surface area (Å²) >= 11 is 9.17. The van der Waals surface area contributed by atoms with Gasteiger partial charge in [0.2, 0.25) is 0 Å². The van der Waals surface area contributed by atoms with Crippen molar-refractivity contribution in [1.29, 1.82) is 0 Å². The number of carbonyl (C=O) groups excluding carboxylic acids is 1. The third kappa shape index (κ3) is 5.65. The molecular weight excluding hydrogens is 412 g/mol. The van der Waals surface area contributed by atoms with Crippen LogP contribution in [-0.2, 0) is 4.79 Å². The number of benzene rings is 2. The van der Waals surface area contributed by atoms with E-state index in [0.717, 1.165) is 5.56 Å². The molecule has 0 bridgehead atoms. The lowest BCUT2D eigenvalue weighted by Gasteiger charge is -2.10. The minimum absolute atomic E-state index is 0.158. The van der Waals surface area contributed by atoms with Crippen LogP contribution >= 0.6 is 27.5 Å². The van der Waals surface area contributed by atoms with Crippen molar-refractivity contribution in [2.45, 2.75) is 0 Å². The zero-order valence-electron chi connectivity index (χ0n) is 13.6. The van der Waals surface area contributed by atoms with E-state index in [1.807, 2.05) is 0 Å². The van der Waals surface area contributed by atoms with Crippen LogP contribution in [0.25, 0.3) is 0 Å². The molecule has 8 heteroatoms. The molecule has 0 aliphatic heterocycles. The van der Waals surface area contributed by atoms with E-state index < -0.39 is 0 Å². The maximum atomic E-state index is 11.7. The molecular formula is C17H16BrClN2O4. The number of amides is 1. The number of hydrazone groups is 1. The summed E-state index contributed by atoms with van der Waals surface area (Å²) in [6, 6.07) is 10.3. The van der Waals surface area contributed by atoms with Gasteiger partial charge in [-0.25, -0.2) is 5.43 Å². The summed E-state index contributed by atoms with van der Waals surface area (Å²) in [7, 11) is 3.10. The van der Waals surface area contributed by atoms with Crippen LogP contribution in [0.4, 0.5) is 0 Å². The molecule has 0 heterocycles. The molecule has 2 aromatic carbocycles. The molecule has 0 spiro atoms. The highest BCUT2D eigenvalue weighted by Gasteiger charge is 2.09. The predicted octanol–water partition coefficient (Wildman–Crippen LogP) is 3.65. The highest BCUT2D eigenvalue weighted by atomic mass is 79.9. The highest BCUT2D eigenvalue weighted by Crippen LogP contribution is 2.35. The summed E-state index contributed by atoms with van der Waals surface area (Å²) in [5.41, 5.74) is 3.12. The Balaban J connectivity index is 1.90. The second-order valence-corrected chi connectivity index (χ2v) is 6.06. The maximum Gasteiger partial charge on any atom is 0.277 e. The van der Waals surface area contributed by atoms with Crippen LogP contribution in [-0.4, -0.2) is 32.9 Å². The van der Waals surface area contributed by atoms with Gasteiger partial charge in [0.1, 0.15) is 5.75 Å². The van der Waals surface area contributed by atoms with Gasteiger partial charge in [0, 0.05) is 5.02 Å². The van der Waals surface area contributed by atoms with Crippen molar-refractivity contribution in [1.82, 2.24) is 5.43 Å². The number of rotatable bonds is 7. The Bertz CT molecular complexity index is 766. The summed E-state index contributed by atoms with van der Waals surface area (Å²) in [4.78, 5) is 11.7. The fourth-order valence-corrected chi connectivity index (χ4v) is 2.65. The van der Waals surface area contributed by atoms with Crippen molar-refractivity contribution in [3.8, 4) is 17.2 Å². The standard InChI is InChI=1S/C17H16BrClN2O4/c1-23-15-8-11(7-14(18)17(15)24-2)9-20-21-16(22)10-25-13-5-3-12(19)4-6-13/h3-9H,10H2,1-2H3,(H,21,22)/b20-9+. The van der Waals surface area contributed by atoms with Gasteiger partial charge in [0.05, 0.1) is 24.9 Å². The average Bonchev–Trinajstić information content (AvgIpc) is 2.60. The molecule has 0 aromatic heterocycles. The molecule has 2 aromatic rings. The molecule has 1 amide bonds. The van der Waals surface area contributed by atoms with Gasteiger partial charge in [-0.05, 0) is 57.9 Å². The van der Waals surface area contributed by atoms with Crippen LogP contribution < -0.4 is 19.6 Å². The van der Waals surface area contributed by atoms with Crippen LogP contribution in [0, 0.1) is 0 Å². The van der Waals surface area contributed by atoms with Crippen LogP contribution in [0.3, 0.4) is 0 Å². The highest BCUT2D eigenvalue weighted by molar-refractivity contribution is 9.10. The van der Waals surface area contributed by atoms with Crippen molar-refractivity contribution < 1.29 is 19.0 Å². The van der Waals surface area contributed by atoms with Crippen molar-refractivity contribution in [3.05, 3.63) is 51.5 Å². The molecule has 132 valence electrons. The Morgan fingerprint density at radius 2 is 1.96 bits per heavy atom. The Kier molecular flexibility index (Phi) is 7.09. The normalized spacial score (nSPS) is 10.6. The van der Waals surface area contributed by atoms with Crippen molar-refractivity contribution >= 4 is 39.7 Å². The summed E-state index contributed by atoms with van der Waals surface area (Å²) in [6.45, 7) is -0.158. The van der Waals surface area contributed by atoms with E-state index in [0.29, 0.717) is 26.7 Å². The van der Waals surface area contributed by atoms with Gasteiger partial charge < -0.3 is 14.2 Å². The third-order valence-electron chi connectivity index (χ3n) is 3.04. The van der Waals surface area contributed by atoms with Gasteiger partial charge in [-0.15, -0.1) is 0 Å². The number of nitrogens with zero attached hydrogens (tertiary/aromatic N) is 1. The van der Waals surface area contributed by atoms with E-state index in [2.05, 4.69) is 26.5 Å². The minimum Gasteiger partial charge on any atom is -0.493 e. The molecule has 0 aliphatic carbocycles. The Morgan fingerprint density at radius 1 is 1.24 bits per heavy atom. The van der Waals surface area contributed by atoms with Crippen LogP contribution in [0.15, 0.2) is 46.0 Å². The molecule has 0 unspecified atom stereocenters. The molecule has 0 radical (unpaired) electrons. The summed E-state index contributed by atoms with van der Waals surface area (Å²) in [5.74, 6) is 1.30. The van der Waals surface area contributed by atoms with Crippen molar-refractivity contribution in [3.63, 3.8) is 0 Å². The SMILES string of the molecule is COc1cc(/C=N/NC(=O)COc2ccc(Cl)cc2)cc(Br)c1OC. The predicted molar refractivity (Wildman–Crippen MR) is 99.9 cm³/mol. The number of ether oxygens (including phenoxy) is 3. The first-order valence-corrected chi connectivity index (χ1v) is 8.32. The van der Waals surface area contributed by atoms with Crippen LogP contribution in [0.2, 0.25) is 5.02 Å². The van der Waals surface area contributed by atoms with E-state index in [9.17, 15) is 4.79 Å². The van der Waals surface area contributed by atoms with Gasteiger partial charge in [-0.3, -0.25) is 4.79 Å². The zero-order valence-corrected chi connectivity index (χ0v) is 15.9. The largest absolute Gasteiger partial charge is 0.493 e. The molecule has 0 saturated heterocycles. The Morgan fingerprint density at radius 3 is 2.60 bits per heavy atom. The Hall–Kier alpha value is -2.25. The van der Waals surface area contributed by atoms with Gasteiger partial charge in [0.15, 0.2) is 18.1 Å². The first kappa shape index (κ1) is 19.1. The van der Waals surface area contributed by atoms with Gasteiger partial charge in [-0.1, -0.05) is 11.6 Å². The lowest BCUT2D eigenvalue weighted by Crippen LogP contribution is -2.24. The maximum absolute atomic E-state index is 11.7. The topological polar surface area (TPSA) is 69.2 Å². The third-order valence-corrected chi connectivity index (χ3v) is 3.88. The second kappa shape index (κ2) is 9.29. The first-order valence-electron chi connectivity index (χ1n) is 7.15. The van der Waals surface area contributed by atoms with Gasteiger partial charge in [0.25, 0.3) is 5.91 Å². The lowest BCUT2D eigenvalue weighted by molar-refractivity contribution is -0.123. The number of nitrogens with one attached hydrogen (secondary N) is 1. The fourth-order valence-electron chi connectivity index (χ4n) is 1.90. The molecule has 1 N–H and O–H groups in total. The van der Waals surface area contributed by atoms with Gasteiger partial charge >= 0.3 is 0 Å². The van der Waals surface area contributed by atoms with E-state index in [4.69, 9.17) is 25.8 Å². The Labute approximate surface area is 158 Å². The molecule has 6 nitrogen and oxygen atoms in total. The number of hydrogen-bond donors (Lipinski definition) is 1. The number of hydrogen-bond acceptors (Lipinski definition) is 5. The molecule has 25 heavy (non-hydrogen) atoms. The molecule has 0 atom stereocenters. The van der Waals surface area contributed by atoms with Crippen LogP contribution in [0.5, 0.6) is 17.2 Å². The molecule has 0 fully saturated rings. The van der Waals surface area contributed by atoms with Gasteiger partial charge in [-0.2, -0.15) is 5.10 Å². The number of carbonyl (C=O) groups is 1. The van der Waals surface area contributed by atoms with E-state index >= 15 is 0 Å². The molecule has 0 aliphatic rings. The van der Waals surface area contributed by atoms with Crippen molar-refractivity contribution in [2.75, 3.05) is 20.8 Å². The van der Waals surface area contributed by atoms with Crippen LogP contribution in [0.1, 0.15) is 5.56 Å². The zero-order chi connectivity index (χ0) is 18.2. The van der Waals surface area contributed by atoms with E-state index in [1.165, 1.54) is 6.21 Å². The minimum atomic E-state index is -0.384. The summed E-state index contributed by atoms with van der Waals surface area (Å²) in [6.07, 6.45) is 1.49. The number of methoxy groups -OCH3 is 2. The average molecular weight is 428 g/mol. The second-order valence-electron chi connectivity index (χ2n) is 4.77. The molecule has 2 rings (SSSR count). The van der Waals surface area contributed by atoms with E-state index in [-0.39, 0.29) is 12.5 Å². The fraction of sp³-hybridized carbons (Fsp3) is 0.176. The monoisotopic (exact) mass is 426 g/mol.